The van der Waals surface area contributed by atoms with E-state index in [9.17, 15) is 4.79 Å². The first-order valence-electron chi connectivity index (χ1n) is 8.70. The highest BCUT2D eigenvalue weighted by Gasteiger charge is 2.25. The van der Waals surface area contributed by atoms with E-state index in [1.54, 1.807) is 36.0 Å². The van der Waals surface area contributed by atoms with Crippen LogP contribution in [0.2, 0.25) is 0 Å². The Morgan fingerprint density at radius 3 is 3.12 bits per heavy atom. The second kappa shape index (κ2) is 8.86. The molecule has 0 bridgehead atoms. The van der Waals surface area contributed by atoms with Crippen LogP contribution < -0.4 is 5.32 Å². The highest BCUT2D eigenvalue weighted by molar-refractivity contribution is 7.13. The van der Waals surface area contributed by atoms with Gasteiger partial charge in [-0.15, -0.1) is 11.3 Å². The Labute approximate surface area is 157 Å². The number of nitrogens with one attached hydrogen (secondary N) is 1. The lowest BCUT2D eigenvalue weighted by Crippen LogP contribution is -2.38. The molecule has 26 heavy (non-hydrogen) atoms. The molecule has 0 saturated carbocycles. The molecule has 2 aromatic rings. The first-order valence-corrected chi connectivity index (χ1v) is 9.58. The van der Waals surface area contributed by atoms with E-state index in [2.05, 4.69) is 25.6 Å². The van der Waals surface area contributed by atoms with Crippen molar-refractivity contribution in [3.05, 3.63) is 41.8 Å². The van der Waals surface area contributed by atoms with Gasteiger partial charge in [0.15, 0.2) is 10.9 Å². The number of hydrogen-bond acceptors (Lipinski definition) is 7. The molecule has 2 aromatic heterocycles. The fraction of sp³-hybridized carbons (Fsp3) is 0.444. The van der Waals surface area contributed by atoms with Crippen molar-refractivity contribution in [2.75, 3.05) is 39.0 Å². The van der Waals surface area contributed by atoms with Gasteiger partial charge in [0.1, 0.15) is 0 Å². The molecule has 7 nitrogen and oxygen atoms in total. The van der Waals surface area contributed by atoms with E-state index in [-0.39, 0.29) is 11.8 Å². The number of thiazole rings is 1. The van der Waals surface area contributed by atoms with Crippen molar-refractivity contribution in [3.8, 4) is 0 Å². The normalized spacial score (nSPS) is 17.8. The van der Waals surface area contributed by atoms with E-state index in [0.717, 1.165) is 43.3 Å². The Bertz CT molecular complexity index is 745. The zero-order chi connectivity index (χ0) is 18.4. The first-order chi connectivity index (χ1) is 12.6. The summed E-state index contributed by atoms with van der Waals surface area (Å²) in [5.74, 6) is 1.05. The minimum Gasteiger partial charge on any atom is -0.339 e. The molecule has 1 aliphatic rings. The third-order valence-electron chi connectivity index (χ3n) is 4.20. The number of carbonyl (C=O) groups excluding carboxylic acids is 1. The van der Waals surface area contributed by atoms with Crippen LogP contribution in [0.4, 0.5) is 10.9 Å². The molecule has 3 heterocycles. The fourth-order valence-electron chi connectivity index (χ4n) is 2.89. The molecule has 1 saturated heterocycles. The number of hydrogen-bond donors (Lipinski definition) is 1. The van der Waals surface area contributed by atoms with Crippen LogP contribution in [0.25, 0.3) is 0 Å². The van der Waals surface area contributed by atoms with E-state index in [4.69, 9.17) is 0 Å². The fourth-order valence-corrected chi connectivity index (χ4v) is 3.69. The number of anilines is 2. The van der Waals surface area contributed by atoms with Crippen LogP contribution in [0.1, 0.15) is 24.5 Å². The van der Waals surface area contributed by atoms with Gasteiger partial charge in [0.05, 0.1) is 11.9 Å². The highest BCUT2D eigenvalue weighted by Crippen LogP contribution is 2.30. The Kier molecular flexibility index (Phi) is 6.30. The number of aromatic nitrogens is 3. The topological polar surface area (TPSA) is 74.2 Å². The summed E-state index contributed by atoms with van der Waals surface area (Å²) >= 11 is 1.55. The predicted molar refractivity (Wildman–Crippen MR) is 104 cm³/mol. The molecule has 8 heteroatoms. The molecule has 0 spiro atoms. The van der Waals surface area contributed by atoms with Crippen molar-refractivity contribution < 1.29 is 4.79 Å². The van der Waals surface area contributed by atoms with Gasteiger partial charge in [0, 0.05) is 49.4 Å². The summed E-state index contributed by atoms with van der Waals surface area (Å²) in [5, 5.41) is 6.04. The standard InChI is InChI=1S/C18H24N6OS/c1-23(2)9-4-6-17(25)24-10-3-5-14(12-24)15-13-26-18(21-15)22-16-11-19-7-8-20-16/h4,6-8,11,13-14H,3,5,9-10,12H2,1-2H3,(H,20,21,22)/b6-4+. The number of likely N-dealkylation sites (tertiary alicyclic amines) is 1. The monoisotopic (exact) mass is 372 g/mol. The summed E-state index contributed by atoms with van der Waals surface area (Å²) in [6.45, 7) is 2.31. The zero-order valence-corrected chi connectivity index (χ0v) is 15.9. The minimum absolute atomic E-state index is 0.0877. The van der Waals surface area contributed by atoms with Gasteiger partial charge in [-0.3, -0.25) is 9.78 Å². The SMILES string of the molecule is CN(C)C/C=C/C(=O)N1CCCC(c2csc(Nc3cnccn3)n2)C1. The molecule has 1 amide bonds. The van der Waals surface area contributed by atoms with Gasteiger partial charge in [-0.05, 0) is 26.9 Å². The lowest BCUT2D eigenvalue weighted by Gasteiger charge is -2.31. The largest absolute Gasteiger partial charge is 0.339 e. The Morgan fingerprint density at radius 1 is 1.46 bits per heavy atom. The van der Waals surface area contributed by atoms with Crippen molar-refractivity contribution in [1.82, 2.24) is 24.8 Å². The maximum Gasteiger partial charge on any atom is 0.246 e. The molecule has 1 aliphatic heterocycles. The maximum absolute atomic E-state index is 12.4. The molecule has 0 aliphatic carbocycles. The lowest BCUT2D eigenvalue weighted by molar-refractivity contribution is -0.127. The molecule has 0 radical (unpaired) electrons. The Balaban J connectivity index is 1.59. The van der Waals surface area contributed by atoms with Crippen LogP contribution in [-0.2, 0) is 4.79 Å². The number of carbonyl (C=O) groups is 1. The molecule has 3 rings (SSSR count). The third-order valence-corrected chi connectivity index (χ3v) is 4.98. The number of rotatable bonds is 6. The molecule has 1 N–H and O–H groups in total. The van der Waals surface area contributed by atoms with Crippen molar-refractivity contribution >= 4 is 28.2 Å². The van der Waals surface area contributed by atoms with Crippen LogP contribution in [0, 0.1) is 0 Å². The number of likely N-dealkylation sites (N-methyl/N-ethyl adjacent to an activating group) is 1. The summed E-state index contributed by atoms with van der Waals surface area (Å²) in [7, 11) is 3.97. The van der Waals surface area contributed by atoms with Gasteiger partial charge in [-0.25, -0.2) is 9.97 Å². The zero-order valence-electron chi connectivity index (χ0n) is 15.1. The molecule has 138 valence electrons. The maximum atomic E-state index is 12.4. The second-order valence-electron chi connectivity index (χ2n) is 6.58. The lowest BCUT2D eigenvalue weighted by atomic mass is 9.95. The molecular weight excluding hydrogens is 348 g/mol. The van der Waals surface area contributed by atoms with Crippen LogP contribution in [0.5, 0.6) is 0 Å². The van der Waals surface area contributed by atoms with Gasteiger partial charge in [0.2, 0.25) is 5.91 Å². The van der Waals surface area contributed by atoms with Gasteiger partial charge >= 0.3 is 0 Å². The first kappa shape index (κ1) is 18.5. The van der Waals surface area contributed by atoms with E-state index < -0.39 is 0 Å². The van der Waals surface area contributed by atoms with Gasteiger partial charge in [0.25, 0.3) is 0 Å². The van der Waals surface area contributed by atoms with Crippen LogP contribution in [0.3, 0.4) is 0 Å². The molecule has 1 atom stereocenters. The summed E-state index contributed by atoms with van der Waals surface area (Å²) < 4.78 is 0. The number of nitrogens with zero attached hydrogens (tertiary/aromatic N) is 5. The molecular formula is C18H24N6OS. The Hall–Kier alpha value is -2.32. The van der Waals surface area contributed by atoms with Crippen molar-refractivity contribution in [1.29, 1.82) is 0 Å². The number of piperidine rings is 1. The van der Waals surface area contributed by atoms with E-state index in [0.29, 0.717) is 5.82 Å². The number of amides is 1. The third kappa shape index (κ3) is 5.09. The summed E-state index contributed by atoms with van der Waals surface area (Å²) in [6.07, 6.45) is 10.6. The summed E-state index contributed by atoms with van der Waals surface area (Å²) in [6, 6.07) is 0. The summed E-state index contributed by atoms with van der Waals surface area (Å²) in [5.41, 5.74) is 1.04. The molecule has 0 aromatic carbocycles. The minimum atomic E-state index is 0.0877. The van der Waals surface area contributed by atoms with Crippen molar-refractivity contribution in [2.24, 2.45) is 0 Å². The van der Waals surface area contributed by atoms with E-state index >= 15 is 0 Å². The van der Waals surface area contributed by atoms with Crippen LogP contribution >= 0.6 is 11.3 Å². The van der Waals surface area contributed by atoms with Crippen molar-refractivity contribution in [2.45, 2.75) is 18.8 Å². The average molecular weight is 372 g/mol. The van der Waals surface area contributed by atoms with E-state index in [1.165, 1.54) is 0 Å². The predicted octanol–water partition coefficient (Wildman–Crippen LogP) is 2.50. The van der Waals surface area contributed by atoms with Gasteiger partial charge in [-0.2, -0.15) is 0 Å². The van der Waals surface area contributed by atoms with Gasteiger partial charge < -0.3 is 15.1 Å². The Morgan fingerprint density at radius 2 is 2.35 bits per heavy atom. The quantitative estimate of drug-likeness (QED) is 0.786. The molecule has 1 fully saturated rings. The second-order valence-corrected chi connectivity index (χ2v) is 7.44. The van der Waals surface area contributed by atoms with Crippen molar-refractivity contribution in [3.63, 3.8) is 0 Å². The van der Waals surface area contributed by atoms with Crippen LogP contribution in [0.15, 0.2) is 36.1 Å². The molecule has 1 unspecified atom stereocenters. The van der Waals surface area contributed by atoms with Gasteiger partial charge in [-0.1, -0.05) is 6.08 Å². The van der Waals surface area contributed by atoms with Crippen LogP contribution in [-0.4, -0.2) is 64.4 Å². The van der Waals surface area contributed by atoms with E-state index in [1.807, 2.05) is 30.0 Å². The highest BCUT2D eigenvalue weighted by atomic mass is 32.1. The smallest absolute Gasteiger partial charge is 0.246 e. The average Bonchev–Trinajstić information content (AvgIpc) is 3.11. The summed E-state index contributed by atoms with van der Waals surface area (Å²) in [4.78, 5) is 29.3.